The first kappa shape index (κ1) is 9.21. The maximum absolute atomic E-state index is 11.2. The van der Waals surface area contributed by atoms with E-state index in [0.717, 1.165) is 25.1 Å². The number of aromatic nitrogens is 2. The number of aryl methyl sites for hydroxylation is 1. The molecule has 5 nitrogen and oxygen atoms in total. The van der Waals surface area contributed by atoms with Crippen molar-refractivity contribution in [3.63, 3.8) is 0 Å². The summed E-state index contributed by atoms with van der Waals surface area (Å²) in [6, 6.07) is 1.71. The van der Waals surface area contributed by atoms with Crippen LogP contribution in [0.1, 0.15) is 35.1 Å². The molecular weight excluding hydrogens is 182 g/mol. The van der Waals surface area contributed by atoms with Crippen LogP contribution in [-0.2, 0) is 11.3 Å². The molecule has 1 aromatic rings. The Balaban J connectivity index is 2.35. The summed E-state index contributed by atoms with van der Waals surface area (Å²) in [7, 11) is 1.35. The average Bonchev–Trinajstić information content (AvgIpc) is 2.62. The van der Waals surface area contributed by atoms with Gasteiger partial charge in [-0.15, -0.1) is 0 Å². The molecule has 1 aliphatic heterocycles. The Morgan fingerprint density at radius 1 is 1.79 bits per heavy atom. The molecule has 1 atom stereocenters. The van der Waals surface area contributed by atoms with Gasteiger partial charge in [-0.25, -0.2) is 4.79 Å². The molecule has 76 valence electrons. The predicted octanol–water partition coefficient (Wildman–Crippen LogP) is 0.463. The summed E-state index contributed by atoms with van der Waals surface area (Å²) >= 11 is 0. The number of nitrogens with two attached hydrogens (primary N) is 1. The van der Waals surface area contributed by atoms with Gasteiger partial charge in [0.15, 0.2) is 5.69 Å². The Hall–Kier alpha value is -1.36. The average molecular weight is 195 g/mol. The van der Waals surface area contributed by atoms with E-state index in [4.69, 9.17) is 5.73 Å². The molecule has 0 saturated carbocycles. The number of fused-ring (bicyclic) bond motifs is 1. The molecule has 0 fully saturated rings. The zero-order chi connectivity index (χ0) is 10.1. The summed E-state index contributed by atoms with van der Waals surface area (Å²) in [5.41, 5.74) is 7.16. The fraction of sp³-hybridized carbons (Fsp3) is 0.556. The molecule has 0 spiro atoms. The lowest BCUT2D eigenvalue weighted by Gasteiger charge is -2.19. The maximum atomic E-state index is 11.2. The Bertz CT molecular complexity index is 359. The van der Waals surface area contributed by atoms with Crippen LogP contribution in [0.5, 0.6) is 0 Å². The minimum atomic E-state index is -0.404. The van der Waals surface area contributed by atoms with Crippen molar-refractivity contribution in [1.82, 2.24) is 9.78 Å². The van der Waals surface area contributed by atoms with Crippen molar-refractivity contribution in [3.8, 4) is 0 Å². The predicted molar refractivity (Wildman–Crippen MR) is 49.7 cm³/mol. The van der Waals surface area contributed by atoms with Crippen LogP contribution in [-0.4, -0.2) is 22.9 Å². The first-order valence-electron chi connectivity index (χ1n) is 4.64. The van der Waals surface area contributed by atoms with Gasteiger partial charge in [0.25, 0.3) is 0 Å². The summed E-state index contributed by atoms with van der Waals surface area (Å²) in [6.07, 6.45) is 1.96. The van der Waals surface area contributed by atoms with Gasteiger partial charge in [-0.2, -0.15) is 5.10 Å². The maximum Gasteiger partial charge on any atom is 0.358 e. The molecule has 2 rings (SSSR count). The van der Waals surface area contributed by atoms with Crippen molar-refractivity contribution in [2.45, 2.75) is 25.4 Å². The lowest BCUT2D eigenvalue weighted by molar-refractivity contribution is 0.0593. The molecule has 2 heterocycles. The number of hydrogen-bond acceptors (Lipinski definition) is 4. The van der Waals surface area contributed by atoms with Gasteiger partial charge in [-0.3, -0.25) is 4.68 Å². The van der Waals surface area contributed by atoms with Gasteiger partial charge in [0.1, 0.15) is 0 Å². The van der Waals surface area contributed by atoms with E-state index in [1.165, 1.54) is 7.11 Å². The second-order valence-electron chi connectivity index (χ2n) is 3.42. The Morgan fingerprint density at radius 2 is 2.57 bits per heavy atom. The number of hydrogen-bond donors (Lipinski definition) is 1. The highest BCUT2D eigenvalue weighted by molar-refractivity contribution is 5.87. The monoisotopic (exact) mass is 195 g/mol. The fourth-order valence-electron chi connectivity index (χ4n) is 1.72. The molecule has 0 aromatic carbocycles. The smallest absolute Gasteiger partial charge is 0.358 e. The number of esters is 1. The molecule has 1 aliphatic rings. The highest BCUT2D eigenvalue weighted by atomic mass is 16.5. The molecule has 0 radical (unpaired) electrons. The standard InChI is InChI=1S/C9H13N3O2/c1-14-9(13)7-5-8-6(10)3-2-4-12(8)11-7/h5-6H,2-4,10H2,1H3/t6-/m0/s1. The van der Waals surface area contributed by atoms with Crippen LogP contribution in [0.2, 0.25) is 0 Å². The van der Waals surface area contributed by atoms with Crippen LogP contribution in [0.15, 0.2) is 6.07 Å². The molecule has 2 N–H and O–H groups in total. The molecule has 0 unspecified atom stereocenters. The van der Waals surface area contributed by atoms with E-state index in [1.807, 2.05) is 0 Å². The number of rotatable bonds is 1. The molecule has 5 heteroatoms. The molecular formula is C9H13N3O2. The second kappa shape index (κ2) is 3.42. The second-order valence-corrected chi connectivity index (χ2v) is 3.42. The zero-order valence-electron chi connectivity index (χ0n) is 8.06. The minimum Gasteiger partial charge on any atom is -0.464 e. The van der Waals surface area contributed by atoms with Gasteiger partial charge >= 0.3 is 5.97 Å². The first-order chi connectivity index (χ1) is 6.72. The van der Waals surface area contributed by atoms with Crippen LogP contribution < -0.4 is 5.73 Å². The topological polar surface area (TPSA) is 70.1 Å². The number of carbonyl (C=O) groups is 1. The van der Waals surface area contributed by atoms with Gasteiger partial charge in [0.05, 0.1) is 12.8 Å². The first-order valence-corrected chi connectivity index (χ1v) is 4.64. The fourth-order valence-corrected chi connectivity index (χ4v) is 1.72. The zero-order valence-corrected chi connectivity index (χ0v) is 8.06. The van der Waals surface area contributed by atoms with E-state index in [1.54, 1.807) is 10.7 Å². The molecule has 0 saturated heterocycles. The van der Waals surface area contributed by atoms with Crippen LogP contribution in [0.4, 0.5) is 0 Å². The third-order valence-electron chi connectivity index (χ3n) is 2.47. The highest BCUT2D eigenvalue weighted by Crippen LogP contribution is 2.23. The van der Waals surface area contributed by atoms with E-state index in [2.05, 4.69) is 9.84 Å². The van der Waals surface area contributed by atoms with Crippen LogP contribution >= 0.6 is 0 Å². The molecule has 0 bridgehead atoms. The summed E-state index contributed by atoms with van der Waals surface area (Å²) in [5.74, 6) is -0.404. The summed E-state index contributed by atoms with van der Waals surface area (Å²) in [5, 5.41) is 4.13. The lowest BCUT2D eigenvalue weighted by atomic mass is 10.1. The number of ether oxygens (including phenoxy) is 1. The molecule has 14 heavy (non-hydrogen) atoms. The number of nitrogens with zero attached hydrogens (tertiary/aromatic N) is 2. The summed E-state index contributed by atoms with van der Waals surface area (Å²) in [6.45, 7) is 0.833. The summed E-state index contributed by atoms with van der Waals surface area (Å²) in [4.78, 5) is 11.2. The van der Waals surface area contributed by atoms with Crippen molar-refractivity contribution in [3.05, 3.63) is 17.5 Å². The largest absolute Gasteiger partial charge is 0.464 e. The summed E-state index contributed by atoms with van der Waals surface area (Å²) < 4.78 is 6.39. The Labute approximate surface area is 81.8 Å². The van der Waals surface area contributed by atoms with E-state index in [-0.39, 0.29) is 6.04 Å². The molecule has 0 amide bonds. The van der Waals surface area contributed by atoms with Crippen molar-refractivity contribution in [2.75, 3.05) is 7.11 Å². The number of methoxy groups -OCH3 is 1. The van der Waals surface area contributed by atoms with E-state index >= 15 is 0 Å². The van der Waals surface area contributed by atoms with E-state index < -0.39 is 5.97 Å². The van der Waals surface area contributed by atoms with Crippen LogP contribution in [0.25, 0.3) is 0 Å². The lowest BCUT2D eigenvalue weighted by Crippen LogP contribution is -2.21. The Morgan fingerprint density at radius 3 is 3.21 bits per heavy atom. The van der Waals surface area contributed by atoms with E-state index in [0.29, 0.717) is 5.69 Å². The minimum absolute atomic E-state index is 0.00495. The van der Waals surface area contributed by atoms with Crippen molar-refractivity contribution < 1.29 is 9.53 Å². The van der Waals surface area contributed by atoms with Gasteiger partial charge in [0.2, 0.25) is 0 Å². The highest BCUT2D eigenvalue weighted by Gasteiger charge is 2.21. The third kappa shape index (κ3) is 1.39. The molecule has 0 aliphatic carbocycles. The molecule has 1 aromatic heterocycles. The SMILES string of the molecule is COC(=O)c1cc2n(n1)CCC[C@@H]2N. The quantitative estimate of drug-likeness (QED) is 0.661. The van der Waals surface area contributed by atoms with Gasteiger partial charge in [-0.05, 0) is 18.9 Å². The van der Waals surface area contributed by atoms with Crippen LogP contribution in [0, 0.1) is 0 Å². The van der Waals surface area contributed by atoms with Crippen LogP contribution in [0.3, 0.4) is 0 Å². The van der Waals surface area contributed by atoms with Gasteiger partial charge in [0, 0.05) is 12.6 Å². The van der Waals surface area contributed by atoms with Gasteiger partial charge < -0.3 is 10.5 Å². The Kier molecular flexibility index (Phi) is 2.25. The third-order valence-corrected chi connectivity index (χ3v) is 2.47. The van der Waals surface area contributed by atoms with Gasteiger partial charge in [-0.1, -0.05) is 0 Å². The van der Waals surface area contributed by atoms with E-state index in [9.17, 15) is 4.79 Å². The van der Waals surface area contributed by atoms with Crippen molar-refractivity contribution in [2.24, 2.45) is 5.73 Å². The normalized spacial score (nSPS) is 20.3. The van der Waals surface area contributed by atoms with Crippen molar-refractivity contribution >= 4 is 5.97 Å². The number of carbonyl (C=O) groups excluding carboxylic acids is 1. The van der Waals surface area contributed by atoms with Crippen molar-refractivity contribution in [1.29, 1.82) is 0 Å².